The molecular weight excluding hydrogens is 405 g/mol. The van der Waals surface area contributed by atoms with Crippen molar-refractivity contribution in [2.75, 3.05) is 37.6 Å². The Morgan fingerprint density at radius 2 is 1.79 bits per heavy atom. The minimum atomic E-state index is -4.31. The van der Waals surface area contributed by atoms with Gasteiger partial charge in [0.15, 0.2) is 0 Å². The van der Waals surface area contributed by atoms with Gasteiger partial charge in [-0.3, -0.25) is 4.90 Å². The zero-order valence-corrected chi connectivity index (χ0v) is 17.1. The minimum Gasteiger partial charge on any atom is -0.478 e. The summed E-state index contributed by atoms with van der Waals surface area (Å²) in [5.41, 5.74) is 1.08. The van der Waals surface area contributed by atoms with Crippen molar-refractivity contribution in [1.82, 2.24) is 4.90 Å². The van der Waals surface area contributed by atoms with Crippen molar-refractivity contribution in [2.45, 2.75) is 38.3 Å². The van der Waals surface area contributed by atoms with Gasteiger partial charge in [-0.15, -0.1) is 12.4 Å². The fraction of sp³-hybridized carbons (Fsp3) is 0.571. The Hall–Kier alpha value is -1.73. The van der Waals surface area contributed by atoms with Gasteiger partial charge >= 0.3 is 12.1 Å². The second-order valence-corrected chi connectivity index (χ2v) is 7.75. The Labute approximate surface area is 175 Å². The van der Waals surface area contributed by atoms with Crippen molar-refractivity contribution in [3.8, 4) is 0 Å². The summed E-state index contributed by atoms with van der Waals surface area (Å²) < 4.78 is 38.7. The van der Waals surface area contributed by atoms with Crippen molar-refractivity contribution < 1.29 is 23.1 Å². The fourth-order valence-electron chi connectivity index (χ4n) is 4.13. The van der Waals surface area contributed by atoms with Gasteiger partial charge in [-0.1, -0.05) is 11.6 Å². The SMILES string of the molecule is Cl.O=C(O)C=C1CCC(CCN2CCN(c3cccc(C(F)(F)F)c3)CC2)CC1. The molecule has 0 spiro atoms. The standard InChI is InChI=1S/C21H27F3N2O2.ClH/c22-21(23,24)18-2-1-3-19(15-18)26-12-10-25(11-13-26)9-8-16-4-6-17(7-5-16)14-20(27)28;/h1-3,14-16H,4-13H2,(H,27,28);1H. The quantitative estimate of drug-likeness (QED) is 0.676. The van der Waals surface area contributed by atoms with E-state index in [2.05, 4.69) is 4.90 Å². The number of carbonyl (C=O) groups is 1. The predicted molar refractivity (Wildman–Crippen MR) is 110 cm³/mol. The molecule has 0 bridgehead atoms. The molecule has 162 valence electrons. The molecule has 1 heterocycles. The fourth-order valence-corrected chi connectivity index (χ4v) is 4.13. The van der Waals surface area contributed by atoms with Gasteiger partial charge < -0.3 is 10.0 Å². The first-order chi connectivity index (χ1) is 13.3. The third kappa shape index (κ3) is 6.93. The highest BCUT2D eigenvalue weighted by atomic mass is 35.5. The van der Waals surface area contributed by atoms with Crippen LogP contribution in [0.4, 0.5) is 18.9 Å². The van der Waals surface area contributed by atoms with Gasteiger partial charge in [-0.05, 0) is 62.8 Å². The maximum absolute atomic E-state index is 12.9. The number of benzene rings is 1. The van der Waals surface area contributed by atoms with Crippen molar-refractivity contribution in [3.63, 3.8) is 0 Å². The molecular formula is C21H28ClF3N2O2. The Kier molecular flexibility index (Phi) is 8.40. The maximum Gasteiger partial charge on any atom is 0.416 e. The normalized spacial score (nSPS) is 20.9. The van der Waals surface area contributed by atoms with Crippen LogP contribution in [0.1, 0.15) is 37.7 Å². The lowest BCUT2D eigenvalue weighted by molar-refractivity contribution is -0.137. The summed E-state index contributed by atoms with van der Waals surface area (Å²) in [6.07, 6.45) is 1.98. The lowest BCUT2D eigenvalue weighted by Gasteiger charge is -2.37. The summed E-state index contributed by atoms with van der Waals surface area (Å²) in [6, 6.07) is 5.57. The predicted octanol–water partition coefficient (Wildman–Crippen LogP) is 4.84. The molecule has 29 heavy (non-hydrogen) atoms. The van der Waals surface area contributed by atoms with Crippen LogP contribution in [-0.4, -0.2) is 48.7 Å². The molecule has 8 heteroatoms. The van der Waals surface area contributed by atoms with E-state index in [-0.39, 0.29) is 12.4 Å². The van der Waals surface area contributed by atoms with E-state index in [1.54, 1.807) is 6.07 Å². The molecule has 0 atom stereocenters. The van der Waals surface area contributed by atoms with Gasteiger partial charge in [0.05, 0.1) is 5.56 Å². The summed E-state index contributed by atoms with van der Waals surface area (Å²) in [5, 5.41) is 8.82. The molecule has 2 fully saturated rings. The van der Waals surface area contributed by atoms with Crippen LogP contribution in [0.5, 0.6) is 0 Å². The highest BCUT2D eigenvalue weighted by Crippen LogP contribution is 2.32. The number of hydrogen-bond acceptors (Lipinski definition) is 3. The smallest absolute Gasteiger partial charge is 0.416 e. The average molecular weight is 433 g/mol. The van der Waals surface area contributed by atoms with Crippen LogP contribution in [0.25, 0.3) is 0 Å². The number of nitrogens with zero attached hydrogens (tertiary/aromatic N) is 2. The van der Waals surface area contributed by atoms with E-state index >= 15 is 0 Å². The van der Waals surface area contributed by atoms with E-state index in [1.807, 2.05) is 4.90 Å². The lowest BCUT2D eigenvalue weighted by atomic mass is 9.83. The van der Waals surface area contributed by atoms with E-state index in [4.69, 9.17) is 5.11 Å². The van der Waals surface area contributed by atoms with E-state index in [0.29, 0.717) is 11.6 Å². The molecule has 1 aromatic rings. The Balaban J connectivity index is 0.00000300. The number of alkyl halides is 3. The molecule has 2 aliphatic rings. The lowest BCUT2D eigenvalue weighted by Crippen LogP contribution is -2.47. The molecule has 1 saturated carbocycles. The molecule has 0 amide bonds. The van der Waals surface area contributed by atoms with Gasteiger partial charge in [0.2, 0.25) is 0 Å². The van der Waals surface area contributed by atoms with E-state index in [0.717, 1.165) is 76.5 Å². The Bertz CT molecular complexity index is 706. The highest BCUT2D eigenvalue weighted by molar-refractivity contribution is 5.85. The van der Waals surface area contributed by atoms with Crippen LogP contribution >= 0.6 is 12.4 Å². The zero-order chi connectivity index (χ0) is 20.1. The molecule has 4 nitrogen and oxygen atoms in total. The third-order valence-corrected chi connectivity index (χ3v) is 5.84. The number of carboxylic acid groups (broad SMARTS) is 1. The highest BCUT2D eigenvalue weighted by Gasteiger charge is 2.31. The van der Waals surface area contributed by atoms with Crippen molar-refractivity contribution in [1.29, 1.82) is 0 Å². The zero-order valence-electron chi connectivity index (χ0n) is 16.3. The second kappa shape index (κ2) is 10.3. The molecule has 1 aliphatic heterocycles. The van der Waals surface area contributed by atoms with Gasteiger partial charge in [0.1, 0.15) is 0 Å². The first kappa shape index (κ1) is 23.5. The molecule has 1 aliphatic carbocycles. The number of carboxylic acids is 1. The maximum atomic E-state index is 12.9. The summed E-state index contributed by atoms with van der Waals surface area (Å²) in [7, 11) is 0. The largest absolute Gasteiger partial charge is 0.478 e. The molecule has 1 N–H and O–H groups in total. The molecule has 0 radical (unpaired) electrons. The monoisotopic (exact) mass is 432 g/mol. The number of hydrogen-bond donors (Lipinski definition) is 1. The second-order valence-electron chi connectivity index (χ2n) is 7.75. The molecule has 1 saturated heterocycles. The Morgan fingerprint density at radius 3 is 2.38 bits per heavy atom. The summed E-state index contributed by atoms with van der Waals surface area (Å²) in [5.74, 6) is -0.223. The number of rotatable bonds is 5. The van der Waals surface area contributed by atoms with Crippen LogP contribution in [0.2, 0.25) is 0 Å². The number of anilines is 1. The average Bonchev–Trinajstić information content (AvgIpc) is 2.67. The van der Waals surface area contributed by atoms with Gasteiger partial charge in [-0.25, -0.2) is 4.79 Å². The summed E-state index contributed by atoms with van der Waals surface area (Å²) in [4.78, 5) is 15.1. The van der Waals surface area contributed by atoms with Crippen LogP contribution in [0.3, 0.4) is 0 Å². The molecule has 1 aromatic carbocycles. The van der Waals surface area contributed by atoms with E-state index in [9.17, 15) is 18.0 Å². The van der Waals surface area contributed by atoms with Gasteiger partial charge in [0.25, 0.3) is 0 Å². The number of halogens is 4. The van der Waals surface area contributed by atoms with Crippen molar-refractivity contribution >= 4 is 24.1 Å². The van der Waals surface area contributed by atoms with E-state index < -0.39 is 17.7 Å². The first-order valence-electron chi connectivity index (χ1n) is 9.88. The van der Waals surface area contributed by atoms with Gasteiger partial charge in [-0.2, -0.15) is 13.2 Å². The number of allylic oxidation sites excluding steroid dienone is 1. The van der Waals surface area contributed by atoms with Crippen LogP contribution in [0, 0.1) is 5.92 Å². The third-order valence-electron chi connectivity index (χ3n) is 5.84. The van der Waals surface area contributed by atoms with Crippen LogP contribution in [0.15, 0.2) is 35.9 Å². The number of piperazine rings is 1. The van der Waals surface area contributed by atoms with Crippen LogP contribution in [-0.2, 0) is 11.0 Å². The number of aliphatic carboxylic acids is 1. The van der Waals surface area contributed by atoms with Crippen molar-refractivity contribution in [3.05, 3.63) is 41.5 Å². The summed E-state index contributed by atoms with van der Waals surface area (Å²) >= 11 is 0. The molecule has 0 unspecified atom stereocenters. The van der Waals surface area contributed by atoms with Crippen molar-refractivity contribution in [2.24, 2.45) is 5.92 Å². The minimum absolute atomic E-state index is 0. The molecule has 3 rings (SSSR count). The Morgan fingerprint density at radius 1 is 1.14 bits per heavy atom. The molecule has 0 aromatic heterocycles. The van der Waals surface area contributed by atoms with Crippen LogP contribution < -0.4 is 4.90 Å². The first-order valence-corrected chi connectivity index (χ1v) is 9.88. The topological polar surface area (TPSA) is 43.8 Å². The van der Waals surface area contributed by atoms with E-state index in [1.165, 1.54) is 18.2 Å². The van der Waals surface area contributed by atoms with Gasteiger partial charge in [0, 0.05) is 37.9 Å². The summed E-state index contributed by atoms with van der Waals surface area (Å²) in [6.45, 7) is 4.17.